The van der Waals surface area contributed by atoms with Crippen LogP contribution in [-0.4, -0.2) is 10.5 Å². The van der Waals surface area contributed by atoms with Gasteiger partial charge >= 0.3 is 0 Å². The third kappa shape index (κ3) is 5.25. The van der Waals surface area contributed by atoms with Gasteiger partial charge in [-0.1, -0.05) is 52.7 Å². The molecule has 1 amide bonds. The summed E-state index contributed by atoms with van der Waals surface area (Å²) in [6.45, 7) is 0. The van der Waals surface area contributed by atoms with Crippen LogP contribution in [0.4, 0.5) is 15.8 Å². The molecule has 1 unspecified atom stereocenters. The molecule has 0 aliphatic heterocycles. The second-order valence-electron chi connectivity index (χ2n) is 6.15. The van der Waals surface area contributed by atoms with E-state index in [0.717, 1.165) is 5.56 Å². The van der Waals surface area contributed by atoms with Crippen molar-refractivity contribution in [1.82, 2.24) is 0 Å². The number of hydrogen-bond donors (Lipinski definition) is 2. The zero-order valence-electron chi connectivity index (χ0n) is 14.9. The fourth-order valence-corrected chi connectivity index (χ4v) is 3.73. The summed E-state index contributed by atoms with van der Waals surface area (Å²) >= 11 is 0. The number of sulfonamides is 1. The van der Waals surface area contributed by atoms with Crippen molar-refractivity contribution in [2.24, 2.45) is 0 Å². The normalized spacial score (nSPS) is 12.8. The number of rotatable bonds is 7. The molecule has 3 aromatic rings. The number of anilines is 2. The minimum atomic E-state index is -3.99. The maximum absolute atomic E-state index is 13.7. The van der Waals surface area contributed by atoms with E-state index in [1.165, 1.54) is 42.5 Å². The molecular weight excluding hydrogens is 379 g/mol. The van der Waals surface area contributed by atoms with Gasteiger partial charge < -0.3 is 9.87 Å². The highest BCUT2D eigenvalue weighted by Crippen LogP contribution is 2.24. The summed E-state index contributed by atoms with van der Waals surface area (Å²) in [5, 5.41) is 2.69. The minimum absolute atomic E-state index is 0.0726. The quantitative estimate of drug-likeness (QED) is 0.578. The number of aryl methyl sites for hydroxylation is 1. The second kappa shape index (κ2) is 8.77. The molecule has 28 heavy (non-hydrogen) atoms. The zero-order chi connectivity index (χ0) is 20.0. The van der Waals surface area contributed by atoms with Crippen LogP contribution in [0, 0.1) is 5.82 Å². The Labute approximate surface area is 164 Å². The molecular formula is C21H19FN2O3S. The molecule has 0 aliphatic carbocycles. The molecule has 0 aliphatic rings. The number of halogens is 1. The molecule has 0 saturated heterocycles. The molecule has 0 fully saturated rings. The van der Waals surface area contributed by atoms with Crippen LogP contribution in [-0.2, 0) is 25.8 Å². The van der Waals surface area contributed by atoms with Gasteiger partial charge in [-0.05, 0) is 36.2 Å². The molecule has 0 spiro atoms. The summed E-state index contributed by atoms with van der Waals surface area (Å²) in [7, 11) is -3.99. The van der Waals surface area contributed by atoms with Crippen LogP contribution in [0.5, 0.6) is 0 Å². The lowest BCUT2D eigenvalue weighted by Gasteiger charge is -2.17. The van der Waals surface area contributed by atoms with Crippen molar-refractivity contribution in [3.63, 3.8) is 0 Å². The zero-order valence-corrected chi connectivity index (χ0v) is 15.7. The maximum atomic E-state index is 13.7. The topological polar surface area (TPSA) is 81.3 Å². The molecule has 3 aromatic carbocycles. The van der Waals surface area contributed by atoms with Crippen LogP contribution in [0.3, 0.4) is 0 Å². The fourth-order valence-electron chi connectivity index (χ4n) is 2.61. The number of carbonyl (C=O) groups excluding carboxylic acids is 1. The number of amides is 1. The van der Waals surface area contributed by atoms with Crippen LogP contribution in [0.2, 0.25) is 0 Å². The van der Waals surface area contributed by atoms with Crippen LogP contribution in [0.1, 0.15) is 12.0 Å². The lowest BCUT2D eigenvalue weighted by molar-refractivity contribution is -0.116. The summed E-state index contributed by atoms with van der Waals surface area (Å²) in [5.74, 6) is -0.892. The number of carbonyl (C=O) groups is 1. The first-order valence-corrected chi connectivity index (χ1v) is 10.1. The standard InChI is InChI=1S/C21H19FN2O3S/c22-19-11-4-5-12-20(19)24-28(26,27)18-10-6-9-17(15-18)23-21(25)14-13-16-7-2-1-3-8-16/h1-12,15H,13-14H2,(H2-,23,24,25,26,27). The SMILES string of the molecule is O=C(CCc1ccccc1)Nc1cccc([S+](=O)([O-])Nc2ccccc2F)c1. The number of nitrogens with one attached hydrogen (secondary N) is 2. The van der Waals surface area contributed by atoms with Crippen molar-refractivity contribution in [2.45, 2.75) is 17.7 Å². The van der Waals surface area contributed by atoms with E-state index in [-0.39, 0.29) is 22.9 Å². The first kappa shape index (κ1) is 19.7. The van der Waals surface area contributed by atoms with Crippen LogP contribution >= 0.6 is 0 Å². The summed E-state index contributed by atoms with van der Waals surface area (Å²) in [4.78, 5) is 12.1. The smallest absolute Gasteiger partial charge is 0.224 e. The van der Waals surface area contributed by atoms with Gasteiger partial charge in [0.15, 0.2) is 21.1 Å². The number of para-hydroxylation sites is 1. The molecule has 0 aromatic heterocycles. The van der Waals surface area contributed by atoms with Gasteiger partial charge in [-0.3, -0.25) is 4.79 Å². The summed E-state index contributed by atoms with van der Waals surface area (Å²) in [6.07, 6.45) is 0.855. The summed E-state index contributed by atoms with van der Waals surface area (Å²) < 4.78 is 41.0. The Bertz CT molecular complexity index is 1010. The molecule has 0 bridgehead atoms. The van der Waals surface area contributed by atoms with Gasteiger partial charge in [0.2, 0.25) is 5.91 Å². The first-order valence-electron chi connectivity index (χ1n) is 8.65. The second-order valence-corrected chi connectivity index (χ2v) is 7.83. The van der Waals surface area contributed by atoms with E-state index in [9.17, 15) is 17.9 Å². The van der Waals surface area contributed by atoms with Gasteiger partial charge in [-0.15, -0.1) is 0 Å². The van der Waals surface area contributed by atoms with Gasteiger partial charge in [0.25, 0.3) is 0 Å². The molecule has 3 rings (SSSR count). The van der Waals surface area contributed by atoms with E-state index in [1.54, 1.807) is 6.07 Å². The molecule has 0 radical (unpaired) electrons. The Morgan fingerprint density at radius 1 is 0.964 bits per heavy atom. The highest BCUT2D eigenvalue weighted by Gasteiger charge is 2.22. The van der Waals surface area contributed by atoms with E-state index in [1.807, 2.05) is 30.3 Å². The van der Waals surface area contributed by atoms with Gasteiger partial charge in [0.05, 0.1) is 0 Å². The Kier molecular flexibility index (Phi) is 6.18. The van der Waals surface area contributed by atoms with Crippen LogP contribution in [0.15, 0.2) is 83.8 Å². The molecule has 0 saturated carbocycles. The number of benzene rings is 3. The lowest BCUT2D eigenvalue weighted by atomic mass is 10.1. The summed E-state index contributed by atoms with van der Waals surface area (Å²) in [6, 6.07) is 20.9. The highest BCUT2D eigenvalue weighted by molar-refractivity contribution is 7.98. The number of hydrogen-bond acceptors (Lipinski definition) is 3. The largest absolute Gasteiger partial charge is 0.588 e. The van der Waals surface area contributed by atoms with E-state index in [0.29, 0.717) is 12.1 Å². The van der Waals surface area contributed by atoms with Crippen LogP contribution < -0.4 is 10.0 Å². The maximum Gasteiger partial charge on any atom is 0.224 e. The van der Waals surface area contributed by atoms with Crippen molar-refractivity contribution in [3.05, 3.63) is 90.2 Å². The van der Waals surface area contributed by atoms with E-state index in [4.69, 9.17) is 0 Å². The van der Waals surface area contributed by atoms with Gasteiger partial charge in [-0.25, -0.2) is 4.39 Å². The average Bonchev–Trinajstić information content (AvgIpc) is 2.69. The predicted molar refractivity (Wildman–Crippen MR) is 107 cm³/mol. The van der Waals surface area contributed by atoms with E-state index >= 15 is 0 Å². The fraction of sp³-hybridized carbons (Fsp3) is 0.0952. The van der Waals surface area contributed by atoms with Gasteiger partial charge in [0.1, 0.15) is 5.69 Å². The molecule has 144 valence electrons. The van der Waals surface area contributed by atoms with Gasteiger partial charge in [-0.2, -0.15) is 4.72 Å². The Morgan fingerprint density at radius 2 is 1.68 bits per heavy atom. The Hall–Kier alpha value is -3.03. The Morgan fingerprint density at radius 3 is 2.43 bits per heavy atom. The van der Waals surface area contributed by atoms with E-state index in [2.05, 4.69) is 10.0 Å². The molecule has 1 atom stereocenters. The van der Waals surface area contributed by atoms with Crippen molar-refractivity contribution >= 4 is 27.7 Å². The monoisotopic (exact) mass is 398 g/mol. The molecule has 0 heterocycles. The third-order valence-electron chi connectivity index (χ3n) is 4.03. The molecule has 7 heteroatoms. The molecule has 5 nitrogen and oxygen atoms in total. The Balaban J connectivity index is 1.66. The van der Waals surface area contributed by atoms with Crippen LogP contribution in [0.25, 0.3) is 0 Å². The van der Waals surface area contributed by atoms with E-state index < -0.39 is 16.2 Å². The summed E-state index contributed by atoms with van der Waals surface area (Å²) in [5.41, 5.74) is 1.26. The first-order chi connectivity index (χ1) is 13.4. The van der Waals surface area contributed by atoms with Gasteiger partial charge in [0, 0.05) is 18.2 Å². The van der Waals surface area contributed by atoms with Crippen molar-refractivity contribution in [3.8, 4) is 0 Å². The average molecular weight is 398 g/mol. The highest BCUT2D eigenvalue weighted by atomic mass is 32.3. The van der Waals surface area contributed by atoms with Crippen molar-refractivity contribution in [2.75, 3.05) is 10.0 Å². The molecule has 2 N–H and O–H groups in total. The predicted octanol–water partition coefficient (Wildman–Crippen LogP) is 4.41. The third-order valence-corrected chi connectivity index (χ3v) is 5.39. The minimum Gasteiger partial charge on any atom is -0.588 e. The van der Waals surface area contributed by atoms with Crippen molar-refractivity contribution in [1.29, 1.82) is 0 Å². The lowest BCUT2D eigenvalue weighted by Crippen LogP contribution is -2.22. The van der Waals surface area contributed by atoms with Crippen molar-refractivity contribution < 1.29 is 17.9 Å².